The van der Waals surface area contributed by atoms with Crippen molar-refractivity contribution < 1.29 is 5.11 Å². The molecule has 0 aliphatic carbocycles. The van der Waals surface area contributed by atoms with E-state index in [9.17, 15) is 5.11 Å². The minimum absolute atomic E-state index is 0.102. The predicted octanol–water partition coefficient (Wildman–Crippen LogP) is 7.65. The Morgan fingerprint density at radius 1 is 0.882 bits per heavy atom. The number of rotatable bonds is 9. The maximum atomic E-state index is 10.3. The second-order valence-electron chi connectivity index (χ2n) is 8.26. The van der Waals surface area contributed by atoms with Gasteiger partial charge >= 0.3 is 0 Å². The topological polar surface area (TPSA) is 32.3 Å². The zero-order valence-electron chi connectivity index (χ0n) is 20.3. The largest absolute Gasteiger partial charge is 0.390 e. The van der Waals surface area contributed by atoms with Crippen LogP contribution in [-0.2, 0) is 0 Å². The molecule has 0 fully saturated rings. The number of benzene rings is 3. The Hall–Kier alpha value is -3.88. The van der Waals surface area contributed by atoms with Crippen molar-refractivity contribution in [2.24, 2.45) is 0 Å². The first kappa shape index (κ1) is 24.8. The van der Waals surface area contributed by atoms with Gasteiger partial charge in [0.25, 0.3) is 0 Å². The number of hydrogen-bond acceptors (Lipinski definition) is 2. The summed E-state index contributed by atoms with van der Waals surface area (Å²) in [6.45, 7) is 14.2. The van der Waals surface area contributed by atoms with E-state index in [2.05, 4.69) is 67.9 Å². The van der Waals surface area contributed by atoms with Crippen LogP contribution in [0.4, 0.5) is 0 Å². The van der Waals surface area contributed by atoms with Crippen LogP contribution in [0.25, 0.3) is 22.8 Å². The summed E-state index contributed by atoms with van der Waals surface area (Å²) in [5.41, 5.74) is 10.1. The lowest BCUT2D eigenvalue weighted by Crippen LogP contribution is -2.17. The molecular weight excluding hydrogens is 414 g/mol. The van der Waals surface area contributed by atoms with E-state index >= 15 is 0 Å². The van der Waals surface area contributed by atoms with Crippen molar-refractivity contribution in [2.45, 2.75) is 20.8 Å². The van der Waals surface area contributed by atoms with Crippen LogP contribution in [0, 0.1) is 6.92 Å². The fourth-order valence-corrected chi connectivity index (χ4v) is 3.95. The van der Waals surface area contributed by atoms with E-state index in [0.29, 0.717) is 0 Å². The van der Waals surface area contributed by atoms with Gasteiger partial charge in [-0.1, -0.05) is 104 Å². The predicted molar refractivity (Wildman–Crippen MR) is 148 cm³/mol. The number of allylic oxidation sites excluding steroid dienone is 6. The van der Waals surface area contributed by atoms with E-state index in [1.807, 2.05) is 62.4 Å². The molecule has 0 unspecified atom stereocenters. The molecule has 0 radical (unpaired) electrons. The van der Waals surface area contributed by atoms with E-state index in [4.69, 9.17) is 0 Å². The summed E-state index contributed by atoms with van der Waals surface area (Å²) in [6, 6.07) is 26.7. The molecule has 0 heterocycles. The highest BCUT2D eigenvalue weighted by Gasteiger charge is 2.14. The number of aliphatic hydroxyl groups is 1. The highest BCUT2D eigenvalue weighted by atomic mass is 16.3. The smallest absolute Gasteiger partial charge is 0.0833 e. The molecule has 0 saturated carbocycles. The Morgan fingerprint density at radius 3 is 2.09 bits per heavy atom. The molecule has 2 nitrogen and oxygen atoms in total. The fraction of sp³-hybridized carbons (Fsp3) is 0.125. The summed E-state index contributed by atoms with van der Waals surface area (Å²) in [6.07, 6.45) is 5.76. The molecule has 172 valence electrons. The van der Waals surface area contributed by atoms with E-state index in [0.717, 1.165) is 50.4 Å². The van der Waals surface area contributed by atoms with Crippen LogP contribution in [0.1, 0.15) is 41.7 Å². The van der Waals surface area contributed by atoms with Crippen LogP contribution in [0.15, 0.2) is 116 Å². The molecule has 0 aliphatic heterocycles. The number of aliphatic hydroxyl groups excluding tert-OH is 1. The molecule has 2 N–H and O–H groups in total. The average Bonchev–Trinajstić information content (AvgIpc) is 2.87. The van der Waals surface area contributed by atoms with Gasteiger partial charge in [0, 0.05) is 17.0 Å². The van der Waals surface area contributed by atoms with Crippen molar-refractivity contribution in [3.63, 3.8) is 0 Å². The van der Waals surface area contributed by atoms with Crippen molar-refractivity contribution in [1.29, 1.82) is 0 Å². The van der Waals surface area contributed by atoms with Crippen LogP contribution >= 0.6 is 0 Å². The highest BCUT2D eigenvalue weighted by molar-refractivity contribution is 6.05. The van der Waals surface area contributed by atoms with Crippen molar-refractivity contribution >= 4 is 22.8 Å². The summed E-state index contributed by atoms with van der Waals surface area (Å²) >= 11 is 0. The van der Waals surface area contributed by atoms with Gasteiger partial charge in [-0.2, -0.15) is 0 Å². The van der Waals surface area contributed by atoms with Gasteiger partial charge in [-0.05, 0) is 65.8 Å². The average molecular weight is 448 g/mol. The summed E-state index contributed by atoms with van der Waals surface area (Å²) in [5.74, 6) is 0. The Morgan fingerprint density at radius 2 is 1.50 bits per heavy atom. The Kier molecular flexibility index (Phi) is 8.61. The minimum Gasteiger partial charge on any atom is -0.390 e. The molecule has 0 atom stereocenters. The first-order chi connectivity index (χ1) is 16.5. The molecule has 0 spiro atoms. The molecule has 0 aliphatic rings. The quantitative estimate of drug-likeness (QED) is 0.330. The Labute approximate surface area is 204 Å². The molecule has 0 bridgehead atoms. The van der Waals surface area contributed by atoms with E-state index in [1.165, 1.54) is 5.56 Å². The molecule has 2 heteroatoms. The first-order valence-electron chi connectivity index (χ1n) is 11.4. The van der Waals surface area contributed by atoms with Gasteiger partial charge in [0.05, 0.1) is 6.61 Å². The monoisotopic (exact) mass is 447 g/mol. The van der Waals surface area contributed by atoms with Crippen LogP contribution in [0.2, 0.25) is 0 Å². The number of aryl methyl sites for hydroxylation is 1. The van der Waals surface area contributed by atoms with Crippen molar-refractivity contribution in [3.05, 3.63) is 143 Å². The standard InChI is InChI=1S/C32H33NO/c1-6-7-14-29-21-30(20-19-23(29)2)24(3)31(22-34)33-26(5)32(28-17-12-9-13-18-28)25(4)27-15-10-8-11-16-27/h6-21,33-34H,1,4,22H2,2-3,5H3/b14-7-,31-24+,32-26-. The zero-order chi connectivity index (χ0) is 24.5. The van der Waals surface area contributed by atoms with Crippen LogP contribution in [0.3, 0.4) is 0 Å². The third-order valence-corrected chi connectivity index (χ3v) is 5.93. The van der Waals surface area contributed by atoms with Gasteiger partial charge in [0.1, 0.15) is 0 Å². The van der Waals surface area contributed by atoms with Gasteiger partial charge < -0.3 is 10.4 Å². The molecule has 34 heavy (non-hydrogen) atoms. The van der Waals surface area contributed by atoms with Gasteiger partial charge in [-0.3, -0.25) is 0 Å². The van der Waals surface area contributed by atoms with Gasteiger partial charge in [-0.15, -0.1) is 0 Å². The second-order valence-corrected chi connectivity index (χ2v) is 8.26. The minimum atomic E-state index is -0.102. The molecule has 3 aromatic carbocycles. The Balaban J connectivity index is 2.07. The van der Waals surface area contributed by atoms with Crippen molar-refractivity contribution in [1.82, 2.24) is 5.32 Å². The molecule has 0 amide bonds. The van der Waals surface area contributed by atoms with Gasteiger partial charge in [-0.25, -0.2) is 0 Å². The summed E-state index contributed by atoms with van der Waals surface area (Å²) < 4.78 is 0. The van der Waals surface area contributed by atoms with Gasteiger partial charge in [0.2, 0.25) is 0 Å². The van der Waals surface area contributed by atoms with E-state index in [-0.39, 0.29) is 6.61 Å². The molecule has 0 aromatic heterocycles. The highest BCUT2D eigenvalue weighted by Crippen LogP contribution is 2.32. The third-order valence-electron chi connectivity index (χ3n) is 5.93. The van der Waals surface area contributed by atoms with Gasteiger partial charge in [0.15, 0.2) is 0 Å². The lowest BCUT2D eigenvalue weighted by molar-refractivity contribution is 0.325. The second kappa shape index (κ2) is 11.8. The normalized spacial score (nSPS) is 12.7. The summed E-state index contributed by atoms with van der Waals surface area (Å²) in [7, 11) is 0. The lowest BCUT2D eigenvalue weighted by Gasteiger charge is -2.20. The maximum Gasteiger partial charge on any atom is 0.0833 e. The van der Waals surface area contributed by atoms with E-state index < -0.39 is 0 Å². The number of nitrogens with one attached hydrogen (secondary N) is 1. The molecule has 0 saturated heterocycles. The third kappa shape index (κ3) is 5.92. The van der Waals surface area contributed by atoms with Crippen molar-refractivity contribution in [3.8, 4) is 0 Å². The first-order valence-corrected chi connectivity index (χ1v) is 11.4. The van der Waals surface area contributed by atoms with E-state index in [1.54, 1.807) is 6.08 Å². The fourth-order valence-electron chi connectivity index (χ4n) is 3.95. The molecule has 3 rings (SSSR count). The maximum absolute atomic E-state index is 10.3. The summed E-state index contributed by atoms with van der Waals surface area (Å²) in [4.78, 5) is 0. The lowest BCUT2D eigenvalue weighted by atomic mass is 9.92. The number of hydrogen-bond donors (Lipinski definition) is 2. The molecule has 3 aromatic rings. The van der Waals surface area contributed by atoms with Crippen molar-refractivity contribution in [2.75, 3.05) is 6.61 Å². The van der Waals surface area contributed by atoms with Crippen LogP contribution in [-0.4, -0.2) is 11.7 Å². The summed E-state index contributed by atoms with van der Waals surface area (Å²) in [5, 5.41) is 13.8. The zero-order valence-corrected chi connectivity index (χ0v) is 20.3. The Bertz CT molecular complexity index is 1240. The SMILES string of the molecule is C=C/C=C\c1cc(/C(C)=C(\CO)N/C(C)=C(/C(=C)c2ccccc2)c2ccccc2)ccc1C. The van der Waals surface area contributed by atoms with Crippen LogP contribution in [0.5, 0.6) is 0 Å². The molecular formula is C32H33NO. The van der Waals surface area contributed by atoms with Crippen LogP contribution < -0.4 is 5.32 Å².